The molecular formula is C19H18N6O3S2. The fourth-order valence-corrected chi connectivity index (χ4v) is 5.20. The van der Waals surface area contributed by atoms with Gasteiger partial charge in [0.1, 0.15) is 6.04 Å². The molecule has 2 aliphatic rings. The number of rotatable bonds is 5. The monoisotopic (exact) mass is 442 g/mol. The first-order valence-electron chi connectivity index (χ1n) is 9.23. The van der Waals surface area contributed by atoms with Gasteiger partial charge in [0.25, 0.3) is 0 Å². The third-order valence-electron chi connectivity index (χ3n) is 4.75. The van der Waals surface area contributed by atoms with E-state index in [0.29, 0.717) is 46.8 Å². The molecule has 0 spiro atoms. The molecule has 2 aromatic rings. The number of aromatic nitrogens is 1. The van der Waals surface area contributed by atoms with Crippen LogP contribution in [0, 0.1) is 11.3 Å². The summed E-state index contributed by atoms with van der Waals surface area (Å²) in [6, 6.07) is 7.86. The van der Waals surface area contributed by atoms with Crippen molar-refractivity contribution in [3.8, 4) is 6.07 Å². The van der Waals surface area contributed by atoms with Gasteiger partial charge in [-0.05, 0) is 24.3 Å². The fraction of sp³-hybridized carbons (Fsp3) is 0.316. The van der Waals surface area contributed by atoms with Gasteiger partial charge in [-0.3, -0.25) is 14.5 Å². The second-order valence-corrected chi connectivity index (χ2v) is 8.58. The van der Waals surface area contributed by atoms with Crippen LogP contribution in [0.2, 0.25) is 0 Å². The highest BCUT2D eigenvalue weighted by Crippen LogP contribution is 2.26. The summed E-state index contributed by atoms with van der Waals surface area (Å²) >= 11 is 2.85. The van der Waals surface area contributed by atoms with Crippen LogP contribution in [0.25, 0.3) is 0 Å². The maximum absolute atomic E-state index is 12.8. The Morgan fingerprint density at radius 1 is 1.33 bits per heavy atom. The molecule has 0 aliphatic carbocycles. The lowest BCUT2D eigenvalue weighted by Crippen LogP contribution is -2.45. The van der Waals surface area contributed by atoms with Gasteiger partial charge in [0.15, 0.2) is 5.13 Å². The number of amides is 4. The second kappa shape index (κ2) is 8.73. The number of nitrogens with zero attached hydrogens (tertiary/aromatic N) is 4. The predicted molar refractivity (Wildman–Crippen MR) is 114 cm³/mol. The van der Waals surface area contributed by atoms with Gasteiger partial charge in [0.2, 0.25) is 11.8 Å². The molecule has 2 fully saturated rings. The molecule has 4 rings (SSSR count). The number of benzene rings is 1. The van der Waals surface area contributed by atoms with Crippen LogP contribution in [0.4, 0.5) is 15.6 Å². The molecule has 0 saturated carbocycles. The Balaban J connectivity index is 1.38. The summed E-state index contributed by atoms with van der Waals surface area (Å²) < 4.78 is 0. The lowest BCUT2D eigenvalue weighted by atomic mass is 10.2. The molecular weight excluding hydrogens is 424 g/mol. The zero-order valence-electron chi connectivity index (χ0n) is 15.8. The van der Waals surface area contributed by atoms with Gasteiger partial charge in [-0.2, -0.15) is 5.26 Å². The topological polar surface area (TPSA) is 118 Å². The summed E-state index contributed by atoms with van der Waals surface area (Å²) in [6.45, 7) is 1.13. The number of hydrogen-bond donors (Lipinski definition) is 2. The first kappa shape index (κ1) is 20.2. The van der Waals surface area contributed by atoms with Gasteiger partial charge in [0, 0.05) is 29.9 Å². The van der Waals surface area contributed by atoms with E-state index in [1.807, 2.05) is 6.07 Å². The molecule has 4 amide bonds. The molecule has 2 saturated heterocycles. The van der Waals surface area contributed by atoms with Crippen LogP contribution < -0.4 is 15.5 Å². The molecule has 2 N–H and O–H groups in total. The van der Waals surface area contributed by atoms with E-state index < -0.39 is 6.04 Å². The van der Waals surface area contributed by atoms with Gasteiger partial charge in [0.05, 0.1) is 29.6 Å². The predicted octanol–water partition coefficient (Wildman–Crippen LogP) is 1.63. The molecule has 1 aromatic heterocycles. The summed E-state index contributed by atoms with van der Waals surface area (Å²) in [7, 11) is 0. The Kier molecular flexibility index (Phi) is 5.87. The number of urea groups is 1. The molecule has 1 atom stereocenters. The standard InChI is InChI=1S/C19H18N6O3S2/c20-8-12-1-3-13(4-2-12)22-17(27)15-10-29-11-25(15)16(26)7-14-9-30-19(23-14)24-6-5-21-18(24)28/h1-4,9,15H,5-7,10-11H2,(H,21,28)(H,22,27). The van der Waals surface area contributed by atoms with Crippen molar-refractivity contribution in [1.29, 1.82) is 5.26 Å². The van der Waals surface area contributed by atoms with Crippen LogP contribution in [-0.2, 0) is 16.0 Å². The van der Waals surface area contributed by atoms with Crippen LogP contribution in [0.5, 0.6) is 0 Å². The van der Waals surface area contributed by atoms with Crippen molar-refractivity contribution in [3.05, 3.63) is 40.9 Å². The zero-order chi connectivity index (χ0) is 21.1. The van der Waals surface area contributed by atoms with Crippen molar-refractivity contribution in [2.24, 2.45) is 0 Å². The number of thiazole rings is 1. The van der Waals surface area contributed by atoms with Crippen molar-refractivity contribution < 1.29 is 14.4 Å². The van der Waals surface area contributed by atoms with Crippen LogP contribution in [0.1, 0.15) is 11.3 Å². The molecule has 1 unspecified atom stereocenters. The van der Waals surface area contributed by atoms with Crippen LogP contribution in [0.15, 0.2) is 29.6 Å². The van der Waals surface area contributed by atoms with Crippen molar-refractivity contribution in [1.82, 2.24) is 15.2 Å². The van der Waals surface area contributed by atoms with E-state index >= 15 is 0 Å². The Morgan fingerprint density at radius 3 is 2.83 bits per heavy atom. The maximum atomic E-state index is 12.8. The van der Waals surface area contributed by atoms with Crippen LogP contribution in [-0.4, -0.2) is 58.5 Å². The number of nitriles is 1. The smallest absolute Gasteiger partial charge is 0.323 e. The Labute approximate surface area is 181 Å². The highest BCUT2D eigenvalue weighted by Gasteiger charge is 2.35. The lowest BCUT2D eigenvalue weighted by molar-refractivity contribution is -0.135. The first-order chi connectivity index (χ1) is 14.5. The average Bonchev–Trinajstić information content (AvgIpc) is 3.49. The summed E-state index contributed by atoms with van der Waals surface area (Å²) in [4.78, 5) is 44.8. The molecule has 9 nitrogen and oxygen atoms in total. The van der Waals surface area contributed by atoms with Gasteiger partial charge in [-0.1, -0.05) is 0 Å². The number of carbonyl (C=O) groups is 3. The maximum Gasteiger partial charge on any atom is 0.323 e. The van der Waals surface area contributed by atoms with E-state index in [1.54, 1.807) is 39.4 Å². The van der Waals surface area contributed by atoms with E-state index in [4.69, 9.17) is 5.26 Å². The molecule has 3 heterocycles. The van der Waals surface area contributed by atoms with Gasteiger partial charge >= 0.3 is 6.03 Å². The molecule has 11 heteroatoms. The quantitative estimate of drug-likeness (QED) is 0.727. The molecule has 2 aliphatic heterocycles. The normalized spacial score (nSPS) is 18.2. The Bertz CT molecular complexity index is 1020. The van der Waals surface area contributed by atoms with E-state index in [1.165, 1.54) is 23.1 Å². The van der Waals surface area contributed by atoms with E-state index in [0.717, 1.165) is 0 Å². The van der Waals surface area contributed by atoms with Gasteiger partial charge in [-0.25, -0.2) is 9.78 Å². The van der Waals surface area contributed by atoms with Crippen molar-refractivity contribution in [3.63, 3.8) is 0 Å². The highest BCUT2D eigenvalue weighted by atomic mass is 32.2. The SMILES string of the molecule is N#Cc1ccc(NC(=O)C2CSCN2C(=O)Cc2csc(N3CCNC3=O)n2)cc1. The first-order valence-corrected chi connectivity index (χ1v) is 11.3. The summed E-state index contributed by atoms with van der Waals surface area (Å²) in [5, 5.41) is 16.7. The van der Waals surface area contributed by atoms with Gasteiger partial charge < -0.3 is 15.5 Å². The molecule has 0 radical (unpaired) electrons. The molecule has 154 valence electrons. The summed E-state index contributed by atoms with van der Waals surface area (Å²) in [5.74, 6) is 0.522. The Morgan fingerprint density at radius 2 is 2.13 bits per heavy atom. The fourth-order valence-electron chi connectivity index (χ4n) is 3.17. The van der Waals surface area contributed by atoms with E-state index in [9.17, 15) is 14.4 Å². The minimum absolute atomic E-state index is 0.0766. The third kappa shape index (κ3) is 4.24. The molecule has 1 aromatic carbocycles. The minimum Gasteiger partial charge on any atom is -0.336 e. The van der Waals surface area contributed by atoms with Crippen molar-refractivity contribution in [2.45, 2.75) is 12.5 Å². The third-order valence-corrected chi connectivity index (χ3v) is 6.67. The van der Waals surface area contributed by atoms with Gasteiger partial charge in [-0.15, -0.1) is 23.1 Å². The van der Waals surface area contributed by atoms with Crippen LogP contribution in [0.3, 0.4) is 0 Å². The Hall–Kier alpha value is -3.10. The van der Waals surface area contributed by atoms with Crippen LogP contribution >= 0.6 is 23.1 Å². The van der Waals surface area contributed by atoms with Crippen molar-refractivity contribution in [2.75, 3.05) is 34.9 Å². The largest absolute Gasteiger partial charge is 0.336 e. The molecule has 0 bridgehead atoms. The highest BCUT2D eigenvalue weighted by molar-refractivity contribution is 7.99. The lowest BCUT2D eigenvalue weighted by Gasteiger charge is -2.22. The van der Waals surface area contributed by atoms with E-state index in [-0.39, 0.29) is 24.3 Å². The number of thioether (sulfide) groups is 1. The van der Waals surface area contributed by atoms with Crippen molar-refractivity contribution >= 4 is 51.8 Å². The summed E-state index contributed by atoms with van der Waals surface area (Å²) in [5.41, 5.74) is 1.68. The number of nitrogens with one attached hydrogen (secondary N) is 2. The average molecular weight is 443 g/mol. The zero-order valence-corrected chi connectivity index (χ0v) is 17.5. The number of carbonyl (C=O) groups excluding carboxylic acids is 3. The second-order valence-electron chi connectivity index (χ2n) is 6.74. The van der Waals surface area contributed by atoms with E-state index in [2.05, 4.69) is 15.6 Å². The number of hydrogen-bond acceptors (Lipinski definition) is 7. The minimum atomic E-state index is -0.569. The number of anilines is 2. The molecule has 30 heavy (non-hydrogen) atoms. The summed E-state index contributed by atoms with van der Waals surface area (Å²) in [6.07, 6.45) is 0.0766.